The lowest BCUT2D eigenvalue weighted by molar-refractivity contribution is 0.0839. The Morgan fingerprint density at radius 1 is 0.594 bits per heavy atom. The lowest BCUT2D eigenvalue weighted by Gasteiger charge is -2.45. The van der Waals surface area contributed by atoms with Crippen LogP contribution in [0.15, 0.2) is 11.6 Å². The molecule has 0 aromatic heterocycles. The van der Waals surface area contributed by atoms with Crippen LogP contribution in [0.5, 0.6) is 0 Å². The summed E-state index contributed by atoms with van der Waals surface area (Å²) in [5.41, 5.74) is 1.97. The first-order valence-electron chi connectivity index (χ1n) is 15.4. The predicted molar refractivity (Wildman–Crippen MR) is 141 cm³/mol. The van der Waals surface area contributed by atoms with Crippen LogP contribution < -0.4 is 0 Å². The molecule has 3 unspecified atom stereocenters. The van der Waals surface area contributed by atoms with Crippen LogP contribution in [0.1, 0.15) is 149 Å². The van der Waals surface area contributed by atoms with Crippen molar-refractivity contribution in [1.82, 2.24) is 0 Å². The van der Waals surface area contributed by atoms with Crippen molar-refractivity contribution in [3.8, 4) is 0 Å². The number of allylic oxidation sites excluding steroid dienone is 2. The van der Waals surface area contributed by atoms with Gasteiger partial charge in [-0.25, -0.2) is 0 Å². The zero-order valence-corrected chi connectivity index (χ0v) is 22.0. The van der Waals surface area contributed by atoms with Crippen molar-refractivity contribution < 1.29 is 0 Å². The monoisotopic (exact) mass is 440 g/mol. The first-order chi connectivity index (χ1) is 15.7. The molecule has 0 aromatic carbocycles. The largest absolute Gasteiger partial charge is 0.0845 e. The Kier molecular flexibility index (Phi) is 10.1. The topological polar surface area (TPSA) is 0 Å². The second-order valence-electron chi connectivity index (χ2n) is 12.8. The van der Waals surface area contributed by atoms with Gasteiger partial charge in [-0.3, -0.25) is 0 Å². The van der Waals surface area contributed by atoms with Crippen molar-refractivity contribution in [2.45, 2.75) is 149 Å². The molecule has 0 spiro atoms. The molecule has 0 N–H and O–H groups in total. The highest BCUT2D eigenvalue weighted by molar-refractivity contribution is 5.14. The van der Waals surface area contributed by atoms with E-state index >= 15 is 0 Å². The maximum Gasteiger partial charge on any atom is -0.0195 e. The third kappa shape index (κ3) is 6.66. The highest BCUT2D eigenvalue weighted by atomic mass is 14.4. The minimum absolute atomic E-state index is 0.835. The summed E-state index contributed by atoms with van der Waals surface area (Å²) in [5.74, 6) is 6.68. The van der Waals surface area contributed by atoms with Crippen molar-refractivity contribution in [1.29, 1.82) is 0 Å². The van der Waals surface area contributed by atoms with Gasteiger partial charge in [-0.05, 0) is 60.7 Å². The van der Waals surface area contributed by atoms with Gasteiger partial charge >= 0.3 is 0 Å². The van der Waals surface area contributed by atoms with Crippen LogP contribution in [-0.4, -0.2) is 0 Å². The molecule has 0 nitrogen and oxygen atoms in total. The number of hydrogen-bond acceptors (Lipinski definition) is 0. The molecule has 4 aliphatic carbocycles. The minimum Gasteiger partial charge on any atom is -0.0845 e. The maximum atomic E-state index is 2.88. The molecule has 4 fully saturated rings. The fourth-order valence-electron chi connectivity index (χ4n) is 8.89. The second kappa shape index (κ2) is 13.0. The fourth-order valence-corrected chi connectivity index (χ4v) is 8.89. The zero-order chi connectivity index (χ0) is 22.2. The summed E-state index contributed by atoms with van der Waals surface area (Å²) in [7, 11) is 0. The van der Waals surface area contributed by atoms with Gasteiger partial charge in [0, 0.05) is 0 Å². The molecule has 32 heavy (non-hydrogen) atoms. The molecule has 3 atom stereocenters. The van der Waals surface area contributed by atoms with Gasteiger partial charge in [-0.15, -0.1) is 0 Å². The van der Waals surface area contributed by atoms with Gasteiger partial charge in [0.25, 0.3) is 0 Å². The first kappa shape index (κ1) is 24.9. The van der Waals surface area contributed by atoms with E-state index in [2.05, 4.69) is 19.9 Å². The molecule has 0 bridgehead atoms. The Morgan fingerprint density at radius 3 is 1.62 bits per heavy atom. The fraction of sp³-hybridized carbons (Fsp3) is 0.938. The first-order valence-corrected chi connectivity index (χ1v) is 15.4. The van der Waals surface area contributed by atoms with Gasteiger partial charge in [0.15, 0.2) is 0 Å². The Bertz CT molecular complexity index is 534. The molecule has 0 aromatic rings. The summed E-state index contributed by atoms with van der Waals surface area (Å²) in [6.45, 7) is 5.44. The van der Waals surface area contributed by atoms with Gasteiger partial charge in [-0.2, -0.15) is 0 Å². The van der Waals surface area contributed by atoms with Crippen LogP contribution >= 0.6 is 0 Å². The number of hydrogen-bond donors (Lipinski definition) is 0. The van der Waals surface area contributed by atoms with Gasteiger partial charge in [0.2, 0.25) is 0 Å². The van der Waals surface area contributed by atoms with E-state index in [1.54, 1.807) is 0 Å². The molecule has 4 saturated carbocycles. The summed E-state index contributed by atoms with van der Waals surface area (Å²) in [4.78, 5) is 0. The van der Waals surface area contributed by atoms with Crippen molar-refractivity contribution in [3.63, 3.8) is 0 Å². The molecule has 0 saturated heterocycles. The Morgan fingerprint density at radius 2 is 1.06 bits per heavy atom. The molecular weight excluding hydrogens is 384 g/mol. The quantitative estimate of drug-likeness (QED) is 0.329. The van der Waals surface area contributed by atoms with Gasteiger partial charge in [0.1, 0.15) is 0 Å². The predicted octanol–water partition coefficient (Wildman–Crippen LogP) is 10.5. The molecule has 0 amide bonds. The van der Waals surface area contributed by atoms with Crippen molar-refractivity contribution in [2.75, 3.05) is 0 Å². The molecule has 0 heteroatoms. The van der Waals surface area contributed by atoms with E-state index < -0.39 is 0 Å². The lowest BCUT2D eigenvalue weighted by Crippen LogP contribution is -2.36. The Labute approximate surface area is 201 Å². The van der Waals surface area contributed by atoms with E-state index in [9.17, 15) is 0 Å². The average Bonchev–Trinajstić information content (AvgIpc) is 2.87. The van der Waals surface area contributed by atoms with Gasteiger partial charge in [-0.1, -0.05) is 141 Å². The molecule has 0 aliphatic heterocycles. The van der Waals surface area contributed by atoms with Crippen LogP contribution in [-0.2, 0) is 0 Å². The van der Waals surface area contributed by atoms with Crippen molar-refractivity contribution >= 4 is 0 Å². The summed E-state index contributed by atoms with van der Waals surface area (Å²) >= 11 is 0. The van der Waals surface area contributed by atoms with Crippen LogP contribution in [0.2, 0.25) is 0 Å². The summed E-state index contributed by atoms with van der Waals surface area (Å²) in [6, 6.07) is 0. The standard InChI is InChI=1S/C32H56/c1-25(28-17-9-4-10-18-28)32(30-21-13-6-14-22-30)26(2)31(29-19-11-5-12-20-29)24-23-27-15-7-3-8-16-27/h24-30,32H,3-23H2,1-2H3. The second-order valence-corrected chi connectivity index (χ2v) is 12.8. The van der Waals surface area contributed by atoms with E-state index in [0.717, 1.165) is 41.4 Å². The lowest BCUT2D eigenvalue weighted by atomic mass is 9.60. The SMILES string of the molecule is CC(C(=CCC1CCCCC1)C1CCCCC1)C(C1CCCCC1)C(C)C1CCCCC1. The van der Waals surface area contributed by atoms with Gasteiger partial charge in [0.05, 0.1) is 0 Å². The molecule has 184 valence electrons. The minimum atomic E-state index is 0.835. The van der Waals surface area contributed by atoms with Crippen LogP contribution in [0.4, 0.5) is 0 Å². The Hall–Kier alpha value is -0.260. The summed E-state index contributed by atoms with van der Waals surface area (Å²) in [6.07, 6.45) is 34.4. The molecule has 4 rings (SSSR count). The van der Waals surface area contributed by atoms with E-state index in [1.807, 2.05) is 5.57 Å². The van der Waals surface area contributed by atoms with E-state index in [-0.39, 0.29) is 0 Å². The smallest absolute Gasteiger partial charge is 0.0195 e. The van der Waals surface area contributed by atoms with Gasteiger partial charge < -0.3 is 0 Å². The van der Waals surface area contributed by atoms with E-state index in [1.165, 1.54) is 135 Å². The average molecular weight is 441 g/mol. The highest BCUT2D eigenvalue weighted by Crippen LogP contribution is 2.48. The van der Waals surface area contributed by atoms with E-state index in [4.69, 9.17) is 0 Å². The van der Waals surface area contributed by atoms with E-state index in [0.29, 0.717) is 0 Å². The summed E-state index contributed by atoms with van der Waals surface area (Å²) < 4.78 is 0. The molecule has 0 radical (unpaired) electrons. The zero-order valence-electron chi connectivity index (χ0n) is 22.0. The highest BCUT2D eigenvalue weighted by Gasteiger charge is 2.39. The third-order valence-electron chi connectivity index (χ3n) is 10.8. The van der Waals surface area contributed by atoms with Crippen molar-refractivity contribution in [3.05, 3.63) is 11.6 Å². The number of rotatable bonds is 8. The molecule has 0 heterocycles. The molecular formula is C32H56. The van der Waals surface area contributed by atoms with Crippen molar-refractivity contribution in [2.24, 2.45) is 41.4 Å². The third-order valence-corrected chi connectivity index (χ3v) is 10.8. The van der Waals surface area contributed by atoms with Crippen LogP contribution in [0.25, 0.3) is 0 Å². The van der Waals surface area contributed by atoms with Crippen LogP contribution in [0.3, 0.4) is 0 Å². The Balaban J connectivity index is 1.55. The normalized spacial score (nSPS) is 29.0. The summed E-state index contributed by atoms with van der Waals surface area (Å²) in [5, 5.41) is 0. The van der Waals surface area contributed by atoms with Crippen LogP contribution in [0, 0.1) is 41.4 Å². The molecule has 4 aliphatic rings. The maximum absolute atomic E-state index is 2.88.